The number of methoxy groups -OCH3 is 2. The molecule has 0 aliphatic heterocycles. The molecule has 0 saturated carbocycles. The second kappa shape index (κ2) is 8.95. The monoisotopic (exact) mass is 418 g/mol. The van der Waals surface area contributed by atoms with Crippen molar-refractivity contribution < 1.29 is 19.0 Å². The molecule has 0 atom stereocenters. The van der Waals surface area contributed by atoms with Gasteiger partial charge in [0.1, 0.15) is 23.9 Å². The molecule has 1 amide bonds. The molecule has 6 nitrogen and oxygen atoms in total. The van der Waals surface area contributed by atoms with Gasteiger partial charge >= 0.3 is 0 Å². The van der Waals surface area contributed by atoms with E-state index >= 15 is 0 Å². The Balaban J connectivity index is 1.73. The molecule has 8 heteroatoms. The lowest BCUT2D eigenvalue weighted by Crippen LogP contribution is -2.13. The summed E-state index contributed by atoms with van der Waals surface area (Å²) in [7, 11) is 3.02. The molecule has 1 aromatic heterocycles. The van der Waals surface area contributed by atoms with Gasteiger partial charge in [-0.15, -0.1) is 11.3 Å². The number of amides is 1. The van der Waals surface area contributed by atoms with Crippen LogP contribution in [0.3, 0.4) is 0 Å². The highest BCUT2D eigenvalue weighted by atomic mass is 35.5. The van der Waals surface area contributed by atoms with Crippen molar-refractivity contribution in [2.24, 2.45) is 0 Å². The molecule has 0 radical (unpaired) electrons. The van der Waals surface area contributed by atoms with Gasteiger partial charge in [0.25, 0.3) is 5.91 Å². The summed E-state index contributed by atoms with van der Waals surface area (Å²) in [6, 6.07) is 10.1. The van der Waals surface area contributed by atoms with Crippen LogP contribution in [0.4, 0.5) is 5.69 Å². The third-order valence-corrected chi connectivity index (χ3v) is 4.99. The molecule has 2 aromatic carbocycles. The Hall–Kier alpha value is -2.77. The highest BCUT2D eigenvalue weighted by Crippen LogP contribution is 2.36. The van der Waals surface area contributed by atoms with E-state index < -0.39 is 0 Å². The van der Waals surface area contributed by atoms with Crippen LogP contribution in [0.15, 0.2) is 41.8 Å². The van der Waals surface area contributed by atoms with Gasteiger partial charge in [0.2, 0.25) is 0 Å². The number of carbonyl (C=O) groups is 1. The van der Waals surface area contributed by atoms with Crippen molar-refractivity contribution in [2.75, 3.05) is 19.5 Å². The number of halogens is 1. The lowest BCUT2D eigenvalue weighted by atomic mass is 10.2. The first-order valence-corrected chi connectivity index (χ1v) is 9.62. The Morgan fingerprint density at radius 3 is 2.64 bits per heavy atom. The van der Waals surface area contributed by atoms with Crippen LogP contribution in [0.1, 0.15) is 21.1 Å². The Morgan fingerprint density at radius 1 is 1.18 bits per heavy atom. The van der Waals surface area contributed by atoms with Gasteiger partial charge in [-0.3, -0.25) is 4.79 Å². The summed E-state index contributed by atoms with van der Waals surface area (Å²) in [5.41, 5.74) is 1.75. The summed E-state index contributed by atoms with van der Waals surface area (Å²) in [5, 5.41) is 6.11. The Kier molecular flexibility index (Phi) is 6.38. The number of carbonyl (C=O) groups excluding carboxylic acids is 1. The Labute approximate surface area is 172 Å². The molecule has 146 valence electrons. The van der Waals surface area contributed by atoms with E-state index in [2.05, 4.69) is 10.3 Å². The highest BCUT2D eigenvalue weighted by Gasteiger charge is 2.14. The first-order valence-electron chi connectivity index (χ1n) is 8.37. The van der Waals surface area contributed by atoms with Crippen LogP contribution in [0.25, 0.3) is 0 Å². The number of nitrogens with zero attached hydrogens (tertiary/aromatic N) is 1. The fraction of sp³-hybridized carbons (Fsp3) is 0.200. The zero-order valence-electron chi connectivity index (χ0n) is 15.6. The van der Waals surface area contributed by atoms with Gasteiger partial charge in [0.15, 0.2) is 0 Å². The first-order chi connectivity index (χ1) is 13.5. The van der Waals surface area contributed by atoms with Crippen LogP contribution in [0, 0.1) is 6.92 Å². The van der Waals surface area contributed by atoms with E-state index in [1.165, 1.54) is 14.2 Å². The van der Waals surface area contributed by atoms with Crippen LogP contribution in [0.5, 0.6) is 17.2 Å². The third-order valence-electron chi connectivity index (χ3n) is 3.87. The molecule has 0 aliphatic carbocycles. The minimum Gasteiger partial charge on any atom is -0.495 e. The topological polar surface area (TPSA) is 69.7 Å². The van der Waals surface area contributed by atoms with E-state index in [9.17, 15) is 4.79 Å². The summed E-state index contributed by atoms with van der Waals surface area (Å²) in [6.45, 7) is 2.29. The maximum Gasteiger partial charge on any atom is 0.255 e. The van der Waals surface area contributed by atoms with E-state index in [0.29, 0.717) is 40.1 Å². The molecular formula is C20H19ClN2O4S. The van der Waals surface area contributed by atoms with Gasteiger partial charge < -0.3 is 19.5 Å². The largest absolute Gasteiger partial charge is 0.495 e. The van der Waals surface area contributed by atoms with Crippen molar-refractivity contribution >= 4 is 34.5 Å². The van der Waals surface area contributed by atoms with Crippen molar-refractivity contribution in [3.05, 3.63) is 63.1 Å². The first kappa shape index (κ1) is 20.0. The molecule has 0 aliphatic rings. The van der Waals surface area contributed by atoms with Crippen LogP contribution >= 0.6 is 22.9 Å². The second-order valence-electron chi connectivity index (χ2n) is 5.82. The summed E-state index contributed by atoms with van der Waals surface area (Å²) >= 11 is 7.73. The van der Waals surface area contributed by atoms with Crippen molar-refractivity contribution in [2.45, 2.75) is 13.5 Å². The van der Waals surface area contributed by atoms with Crippen molar-refractivity contribution in [1.82, 2.24) is 4.98 Å². The molecular weight excluding hydrogens is 400 g/mol. The van der Waals surface area contributed by atoms with Gasteiger partial charge in [-0.05, 0) is 31.2 Å². The van der Waals surface area contributed by atoms with Crippen molar-refractivity contribution in [3.8, 4) is 17.2 Å². The number of rotatable bonds is 7. The standard InChI is InChI=1S/C20H19ClN2O4S/c1-12-22-14(11-28-12)10-27-15-6-4-5-13(7-15)20(24)23-17-8-16(21)18(25-2)9-19(17)26-3/h4-9,11H,10H2,1-3H3,(H,23,24). The Bertz CT molecular complexity index is 990. The van der Waals surface area contributed by atoms with E-state index in [4.69, 9.17) is 25.8 Å². The minimum absolute atomic E-state index is 0.311. The number of benzene rings is 2. The number of nitrogens with one attached hydrogen (secondary N) is 1. The van der Waals surface area contributed by atoms with Gasteiger partial charge in [0, 0.05) is 17.0 Å². The number of aryl methyl sites for hydroxylation is 1. The summed E-state index contributed by atoms with van der Waals surface area (Å²) in [6.07, 6.45) is 0. The average molecular weight is 419 g/mol. The molecule has 0 bridgehead atoms. The number of anilines is 1. The Morgan fingerprint density at radius 2 is 1.96 bits per heavy atom. The maximum atomic E-state index is 12.7. The summed E-state index contributed by atoms with van der Waals surface area (Å²) < 4.78 is 16.2. The predicted octanol–water partition coefficient (Wildman–Crippen LogP) is 4.95. The van der Waals surface area contributed by atoms with E-state index in [-0.39, 0.29) is 5.91 Å². The minimum atomic E-state index is -0.311. The highest BCUT2D eigenvalue weighted by molar-refractivity contribution is 7.09. The lowest BCUT2D eigenvalue weighted by molar-refractivity contribution is 0.102. The zero-order valence-corrected chi connectivity index (χ0v) is 17.2. The average Bonchev–Trinajstić information content (AvgIpc) is 3.12. The quantitative estimate of drug-likeness (QED) is 0.587. The lowest BCUT2D eigenvalue weighted by Gasteiger charge is -2.13. The van der Waals surface area contributed by atoms with Crippen molar-refractivity contribution in [1.29, 1.82) is 0 Å². The number of aromatic nitrogens is 1. The van der Waals surface area contributed by atoms with Gasteiger partial charge in [-0.2, -0.15) is 0 Å². The molecule has 0 unspecified atom stereocenters. The predicted molar refractivity (Wildman–Crippen MR) is 110 cm³/mol. The molecule has 0 fully saturated rings. The fourth-order valence-corrected chi connectivity index (χ4v) is 3.35. The van der Waals surface area contributed by atoms with Gasteiger partial charge in [-0.1, -0.05) is 17.7 Å². The smallest absolute Gasteiger partial charge is 0.255 e. The SMILES string of the molecule is COc1cc(OC)c(NC(=O)c2cccc(OCc3csc(C)n3)c2)cc1Cl. The van der Waals surface area contributed by atoms with Crippen LogP contribution in [-0.2, 0) is 6.61 Å². The molecule has 3 rings (SSSR count). The number of thiazole rings is 1. The maximum absolute atomic E-state index is 12.7. The molecule has 1 N–H and O–H groups in total. The third kappa shape index (κ3) is 4.74. The van der Waals surface area contributed by atoms with Crippen LogP contribution < -0.4 is 19.5 Å². The normalized spacial score (nSPS) is 10.4. The van der Waals surface area contributed by atoms with Gasteiger partial charge in [0.05, 0.1) is 35.6 Å². The van der Waals surface area contributed by atoms with Gasteiger partial charge in [-0.25, -0.2) is 4.98 Å². The number of hydrogen-bond acceptors (Lipinski definition) is 6. The molecule has 0 spiro atoms. The fourth-order valence-electron chi connectivity index (χ4n) is 2.51. The number of ether oxygens (including phenoxy) is 3. The van der Waals surface area contributed by atoms with E-state index in [1.807, 2.05) is 12.3 Å². The van der Waals surface area contributed by atoms with E-state index in [1.54, 1.807) is 47.7 Å². The second-order valence-corrected chi connectivity index (χ2v) is 7.28. The van der Waals surface area contributed by atoms with Crippen molar-refractivity contribution in [3.63, 3.8) is 0 Å². The summed E-state index contributed by atoms with van der Waals surface area (Å²) in [5.74, 6) is 1.18. The molecule has 0 saturated heterocycles. The molecule has 3 aromatic rings. The van der Waals surface area contributed by atoms with E-state index in [0.717, 1.165) is 10.7 Å². The number of hydrogen-bond donors (Lipinski definition) is 1. The van der Waals surface area contributed by atoms with Crippen LogP contribution in [-0.4, -0.2) is 25.1 Å². The molecule has 28 heavy (non-hydrogen) atoms. The molecule has 1 heterocycles. The summed E-state index contributed by atoms with van der Waals surface area (Å²) in [4.78, 5) is 17.0. The van der Waals surface area contributed by atoms with Crippen LogP contribution in [0.2, 0.25) is 5.02 Å². The zero-order chi connectivity index (χ0) is 20.1.